The molecule has 0 N–H and O–H groups in total. The van der Waals surface area contributed by atoms with Gasteiger partial charge in [0, 0.05) is 41.1 Å². The lowest BCUT2D eigenvalue weighted by atomic mass is 10.0. The molecule has 7 aromatic rings. The molecule has 4 aromatic carbocycles. The van der Waals surface area contributed by atoms with Crippen molar-refractivity contribution < 1.29 is 0 Å². The summed E-state index contributed by atoms with van der Waals surface area (Å²) in [7, 11) is 0. The van der Waals surface area contributed by atoms with Gasteiger partial charge < -0.3 is 0 Å². The SMILES string of the molecule is Cc1ccc(-c2c3nc(c(-c4ccccc4)c4ccc(s4)c(-c4ccc(C)cc4)c4nc(c(-c5ccccc5)c5ccc2s5)C=C4)C=C3)cc1. The third-order valence-electron chi connectivity index (χ3n) is 9.31. The maximum absolute atomic E-state index is 5.43. The van der Waals surface area contributed by atoms with E-state index in [0.717, 1.165) is 67.3 Å². The lowest BCUT2D eigenvalue weighted by molar-refractivity contribution is 1.33. The van der Waals surface area contributed by atoms with Crippen molar-refractivity contribution in [3.8, 4) is 44.5 Å². The molecule has 4 heteroatoms. The molecule has 0 amide bonds. The summed E-state index contributed by atoms with van der Waals surface area (Å²) in [5.41, 5.74) is 15.5. The lowest BCUT2D eigenvalue weighted by Crippen LogP contribution is -1.86. The minimum atomic E-state index is 0.968. The summed E-state index contributed by atoms with van der Waals surface area (Å²) in [6.45, 7) is 4.27. The number of rotatable bonds is 4. The number of aromatic nitrogens is 2. The molecular weight excluding hydrogens is 645 g/mol. The number of aryl methyl sites for hydroxylation is 2. The molecule has 238 valence electrons. The summed E-state index contributed by atoms with van der Waals surface area (Å²) in [5.74, 6) is 0. The van der Waals surface area contributed by atoms with Gasteiger partial charge in [-0.25, -0.2) is 9.97 Å². The van der Waals surface area contributed by atoms with E-state index in [1.165, 1.54) is 29.9 Å². The first-order valence-corrected chi connectivity index (χ1v) is 18.5. The molecule has 3 aromatic heterocycles. The Morgan fingerprint density at radius 2 is 0.600 bits per heavy atom. The molecule has 0 aliphatic carbocycles. The Labute approximate surface area is 300 Å². The van der Waals surface area contributed by atoms with Crippen LogP contribution in [0.1, 0.15) is 33.9 Å². The third kappa shape index (κ3) is 5.53. The van der Waals surface area contributed by atoms with E-state index in [2.05, 4.69) is 172 Å². The molecule has 2 aliphatic rings. The smallest absolute Gasteiger partial charge is 0.0730 e. The molecule has 0 fully saturated rings. The highest BCUT2D eigenvalue weighted by atomic mass is 32.1. The zero-order valence-corrected chi connectivity index (χ0v) is 29.4. The molecule has 50 heavy (non-hydrogen) atoms. The van der Waals surface area contributed by atoms with Gasteiger partial charge in [0.05, 0.1) is 22.8 Å². The van der Waals surface area contributed by atoms with Gasteiger partial charge in [0.2, 0.25) is 0 Å². The first kappa shape index (κ1) is 30.4. The number of hydrogen-bond acceptors (Lipinski definition) is 4. The Bertz CT molecular complexity index is 2440. The van der Waals surface area contributed by atoms with Crippen molar-refractivity contribution in [1.29, 1.82) is 0 Å². The Morgan fingerprint density at radius 3 is 0.900 bits per heavy atom. The zero-order chi connectivity index (χ0) is 33.6. The van der Waals surface area contributed by atoms with Gasteiger partial charge in [-0.05, 0) is 84.7 Å². The van der Waals surface area contributed by atoms with Gasteiger partial charge in [0.15, 0.2) is 0 Å². The molecule has 0 atom stereocenters. The van der Waals surface area contributed by atoms with Crippen molar-refractivity contribution >= 4 is 65.8 Å². The van der Waals surface area contributed by atoms with Gasteiger partial charge in [0.1, 0.15) is 0 Å². The average Bonchev–Trinajstić information content (AvgIpc) is 3.98. The van der Waals surface area contributed by atoms with Gasteiger partial charge in [-0.3, -0.25) is 0 Å². The molecule has 0 spiro atoms. The highest BCUT2D eigenvalue weighted by molar-refractivity contribution is 7.24. The first-order chi connectivity index (χ1) is 24.6. The van der Waals surface area contributed by atoms with E-state index >= 15 is 0 Å². The first-order valence-electron chi connectivity index (χ1n) is 16.8. The second-order valence-electron chi connectivity index (χ2n) is 12.7. The third-order valence-corrected chi connectivity index (χ3v) is 11.5. The second kappa shape index (κ2) is 12.6. The molecule has 0 radical (unpaired) electrons. The van der Waals surface area contributed by atoms with Crippen LogP contribution in [0, 0.1) is 13.8 Å². The minimum absolute atomic E-state index is 0.968. The Kier molecular flexibility index (Phi) is 7.69. The van der Waals surface area contributed by atoms with Crippen molar-refractivity contribution in [2.45, 2.75) is 13.8 Å². The van der Waals surface area contributed by atoms with E-state index in [9.17, 15) is 0 Å². The van der Waals surface area contributed by atoms with Crippen molar-refractivity contribution in [2.75, 3.05) is 0 Å². The van der Waals surface area contributed by atoms with Gasteiger partial charge in [0.25, 0.3) is 0 Å². The zero-order valence-electron chi connectivity index (χ0n) is 27.7. The molecule has 8 bridgehead atoms. The van der Waals surface area contributed by atoms with Crippen LogP contribution in [0.4, 0.5) is 0 Å². The number of thiophene rings is 2. The molecule has 9 rings (SSSR count). The normalized spacial score (nSPS) is 12.0. The highest BCUT2D eigenvalue weighted by Gasteiger charge is 2.19. The van der Waals surface area contributed by atoms with E-state index < -0.39 is 0 Å². The Balaban J connectivity index is 1.47. The summed E-state index contributed by atoms with van der Waals surface area (Å²) in [5, 5.41) is 0. The quantitative estimate of drug-likeness (QED) is 0.185. The van der Waals surface area contributed by atoms with Gasteiger partial charge in [-0.2, -0.15) is 0 Å². The van der Waals surface area contributed by atoms with Gasteiger partial charge in [-0.1, -0.05) is 120 Å². The van der Waals surface area contributed by atoms with Crippen LogP contribution in [0.5, 0.6) is 0 Å². The standard InChI is InChI=1S/C46H32N2S2/c1-29-13-17-33(18-14-29)45-37-23-21-35(47-37)43(31-9-5-3-6-10-31)40-26-28-42(50-40)46(34-19-15-30(2)16-20-34)38-24-22-36(48-38)44(32-11-7-4-8-12-32)39-25-27-41(45)49-39/h3-28H,1-2H3. The second-order valence-corrected chi connectivity index (χ2v) is 14.9. The van der Waals surface area contributed by atoms with Crippen LogP contribution in [-0.4, -0.2) is 9.97 Å². The van der Waals surface area contributed by atoms with E-state index in [1.807, 2.05) is 0 Å². The van der Waals surface area contributed by atoms with Gasteiger partial charge >= 0.3 is 0 Å². The Morgan fingerprint density at radius 1 is 0.320 bits per heavy atom. The number of fused-ring (bicyclic) bond motifs is 8. The highest BCUT2D eigenvalue weighted by Crippen LogP contribution is 2.42. The van der Waals surface area contributed by atoms with Crippen LogP contribution < -0.4 is 0 Å². The summed E-state index contributed by atoms with van der Waals surface area (Å²) in [4.78, 5) is 10.9. The number of nitrogens with zero attached hydrogens (tertiary/aromatic N) is 2. The summed E-state index contributed by atoms with van der Waals surface area (Å²) in [6.07, 6.45) is 8.76. The van der Waals surface area contributed by atoms with E-state index in [1.54, 1.807) is 22.7 Å². The van der Waals surface area contributed by atoms with Gasteiger partial charge in [-0.15, -0.1) is 22.7 Å². The maximum Gasteiger partial charge on any atom is 0.0730 e. The van der Waals surface area contributed by atoms with E-state index in [0.29, 0.717) is 0 Å². The molecule has 5 heterocycles. The number of hydrogen-bond donors (Lipinski definition) is 0. The predicted molar refractivity (Wildman–Crippen MR) is 217 cm³/mol. The average molecular weight is 677 g/mol. The summed E-state index contributed by atoms with van der Waals surface area (Å²) in [6, 6.07) is 48.0. The summed E-state index contributed by atoms with van der Waals surface area (Å²) >= 11 is 3.60. The van der Waals surface area contributed by atoms with Crippen molar-refractivity contribution in [3.63, 3.8) is 0 Å². The van der Waals surface area contributed by atoms with E-state index in [4.69, 9.17) is 9.97 Å². The van der Waals surface area contributed by atoms with Crippen LogP contribution in [0.15, 0.2) is 133 Å². The van der Waals surface area contributed by atoms with Crippen molar-refractivity contribution in [2.24, 2.45) is 0 Å². The fourth-order valence-electron chi connectivity index (χ4n) is 6.81. The molecule has 2 aliphatic heterocycles. The fraction of sp³-hybridized carbons (Fsp3) is 0.0435. The topological polar surface area (TPSA) is 25.8 Å². The molecule has 2 nitrogen and oxygen atoms in total. The lowest BCUT2D eigenvalue weighted by Gasteiger charge is -2.06. The van der Waals surface area contributed by atoms with Crippen LogP contribution in [0.3, 0.4) is 0 Å². The van der Waals surface area contributed by atoms with Crippen LogP contribution in [0.2, 0.25) is 0 Å². The minimum Gasteiger partial charge on any atom is -0.248 e. The van der Waals surface area contributed by atoms with Crippen LogP contribution in [0.25, 0.3) is 87.6 Å². The fourth-order valence-corrected chi connectivity index (χ4v) is 9.13. The van der Waals surface area contributed by atoms with Crippen LogP contribution >= 0.6 is 22.7 Å². The summed E-state index contributed by atoms with van der Waals surface area (Å²) < 4.78 is 4.69. The molecule has 0 saturated heterocycles. The largest absolute Gasteiger partial charge is 0.248 e. The molecule has 0 unspecified atom stereocenters. The van der Waals surface area contributed by atoms with Crippen molar-refractivity contribution in [1.82, 2.24) is 9.97 Å². The molecule has 0 saturated carbocycles. The number of benzene rings is 4. The maximum atomic E-state index is 5.43. The van der Waals surface area contributed by atoms with E-state index in [-0.39, 0.29) is 0 Å². The predicted octanol–water partition coefficient (Wildman–Crippen LogP) is 13.4. The van der Waals surface area contributed by atoms with Crippen molar-refractivity contribution in [3.05, 3.63) is 167 Å². The molecular formula is C46H32N2S2. The van der Waals surface area contributed by atoms with Crippen LogP contribution in [-0.2, 0) is 0 Å². The Hall–Kier alpha value is -5.68. The monoisotopic (exact) mass is 676 g/mol.